The zero-order valence-corrected chi connectivity index (χ0v) is 11.4. The lowest BCUT2D eigenvalue weighted by molar-refractivity contribution is 0.0956. The van der Waals surface area contributed by atoms with Crippen molar-refractivity contribution in [1.29, 1.82) is 5.26 Å². The molecule has 1 aliphatic heterocycles. The summed E-state index contributed by atoms with van der Waals surface area (Å²) < 4.78 is 0. The summed E-state index contributed by atoms with van der Waals surface area (Å²) in [6, 6.07) is 2.45. The Bertz CT molecular complexity index is 550. The largest absolute Gasteiger partial charge is 0.396 e. The van der Waals surface area contributed by atoms with E-state index in [1.165, 1.54) is 11.3 Å². The molecule has 2 aliphatic rings. The SMILES string of the molecule is N#Cc1c(N2CCCC2)sc(C(=O)NC2CC2)c1N. The standard InChI is InChI=1S/C13H16N4OS/c14-7-9-10(15)11(12(18)16-8-3-4-8)19-13(9)17-5-1-2-6-17/h8H,1-6,15H2,(H,16,18). The van der Waals surface area contributed by atoms with Crippen LogP contribution >= 0.6 is 11.3 Å². The number of amides is 1. The normalized spacial score (nSPS) is 18.4. The Balaban J connectivity index is 1.91. The molecule has 6 heteroatoms. The Morgan fingerprint density at radius 2 is 2.11 bits per heavy atom. The summed E-state index contributed by atoms with van der Waals surface area (Å²) in [4.78, 5) is 14.8. The molecule has 2 heterocycles. The minimum atomic E-state index is -0.132. The number of nitrogens with one attached hydrogen (secondary N) is 1. The molecule has 1 amide bonds. The lowest BCUT2D eigenvalue weighted by Crippen LogP contribution is -2.25. The minimum Gasteiger partial charge on any atom is -0.396 e. The van der Waals surface area contributed by atoms with Gasteiger partial charge < -0.3 is 16.0 Å². The van der Waals surface area contributed by atoms with Crippen molar-refractivity contribution in [3.8, 4) is 6.07 Å². The predicted molar refractivity (Wildman–Crippen MR) is 75.4 cm³/mol. The van der Waals surface area contributed by atoms with Crippen LogP contribution in [0.25, 0.3) is 0 Å². The van der Waals surface area contributed by atoms with Crippen molar-refractivity contribution in [1.82, 2.24) is 5.32 Å². The number of carbonyl (C=O) groups excluding carboxylic acids is 1. The maximum Gasteiger partial charge on any atom is 0.263 e. The van der Waals surface area contributed by atoms with Crippen LogP contribution in [0.5, 0.6) is 0 Å². The van der Waals surface area contributed by atoms with E-state index in [1.807, 2.05) is 0 Å². The molecule has 0 radical (unpaired) electrons. The van der Waals surface area contributed by atoms with Crippen molar-refractivity contribution >= 4 is 27.9 Å². The summed E-state index contributed by atoms with van der Waals surface area (Å²) in [5, 5.41) is 13.1. The van der Waals surface area contributed by atoms with E-state index in [-0.39, 0.29) is 5.91 Å². The number of anilines is 2. The molecule has 100 valence electrons. The molecule has 3 N–H and O–H groups in total. The van der Waals surface area contributed by atoms with E-state index in [0.717, 1.165) is 43.8 Å². The number of nitrogens with zero attached hydrogens (tertiary/aromatic N) is 2. The van der Waals surface area contributed by atoms with Crippen molar-refractivity contribution in [2.24, 2.45) is 0 Å². The Kier molecular flexibility index (Phi) is 3.07. The number of carbonyl (C=O) groups is 1. The van der Waals surface area contributed by atoms with Crippen molar-refractivity contribution in [2.75, 3.05) is 23.7 Å². The van der Waals surface area contributed by atoms with Crippen LogP contribution in [0, 0.1) is 11.3 Å². The molecule has 1 aliphatic carbocycles. The van der Waals surface area contributed by atoms with E-state index in [9.17, 15) is 10.1 Å². The van der Waals surface area contributed by atoms with Gasteiger partial charge in [0.1, 0.15) is 21.5 Å². The first kappa shape index (κ1) is 12.3. The van der Waals surface area contributed by atoms with Crippen LogP contribution < -0.4 is 16.0 Å². The number of nitrogens with two attached hydrogens (primary N) is 1. The summed E-state index contributed by atoms with van der Waals surface area (Å²) in [6.07, 6.45) is 4.35. The van der Waals surface area contributed by atoms with E-state index < -0.39 is 0 Å². The minimum absolute atomic E-state index is 0.132. The van der Waals surface area contributed by atoms with Gasteiger partial charge in [0.25, 0.3) is 5.91 Å². The van der Waals surface area contributed by atoms with Gasteiger partial charge in [-0.25, -0.2) is 0 Å². The first-order valence-corrected chi connectivity index (χ1v) is 7.40. The molecule has 0 unspecified atom stereocenters. The molecule has 1 saturated carbocycles. The first-order valence-electron chi connectivity index (χ1n) is 6.59. The second-order valence-electron chi connectivity index (χ2n) is 5.08. The van der Waals surface area contributed by atoms with Gasteiger partial charge in [-0.2, -0.15) is 5.26 Å². The number of thiophene rings is 1. The summed E-state index contributed by atoms with van der Waals surface area (Å²) in [5.74, 6) is -0.132. The van der Waals surface area contributed by atoms with Gasteiger partial charge in [0.05, 0.1) is 5.69 Å². The van der Waals surface area contributed by atoms with Gasteiger partial charge in [0.2, 0.25) is 0 Å². The summed E-state index contributed by atoms with van der Waals surface area (Å²) in [7, 11) is 0. The highest BCUT2D eigenvalue weighted by Crippen LogP contribution is 2.39. The predicted octanol–water partition coefficient (Wildman–Crippen LogP) is 1.69. The fraction of sp³-hybridized carbons (Fsp3) is 0.538. The zero-order chi connectivity index (χ0) is 13.4. The summed E-state index contributed by atoms with van der Waals surface area (Å²) in [6.45, 7) is 1.89. The van der Waals surface area contributed by atoms with Gasteiger partial charge in [0.15, 0.2) is 0 Å². The van der Waals surface area contributed by atoms with E-state index in [2.05, 4.69) is 16.3 Å². The van der Waals surface area contributed by atoms with E-state index in [1.54, 1.807) is 0 Å². The van der Waals surface area contributed by atoms with Crippen molar-refractivity contribution in [3.63, 3.8) is 0 Å². The third kappa shape index (κ3) is 2.26. The molecule has 0 bridgehead atoms. The third-order valence-corrected chi connectivity index (χ3v) is 4.82. The van der Waals surface area contributed by atoms with Gasteiger partial charge >= 0.3 is 0 Å². The Hall–Kier alpha value is -1.74. The molecular weight excluding hydrogens is 260 g/mol. The van der Waals surface area contributed by atoms with Crippen LogP contribution in [-0.4, -0.2) is 25.0 Å². The number of nitriles is 1. The van der Waals surface area contributed by atoms with E-state index in [0.29, 0.717) is 22.2 Å². The fourth-order valence-electron chi connectivity index (χ4n) is 2.33. The van der Waals surface area contributed by atoms with Crippen LogP contribution in [0.15, 0.2) is 0 Å². The average Bonchev–Trinajstić information content (AvgIpc) is 2.93. The topological polar surface area (TPSA) is 82.2 Å². The second-order valence-corrected chi connectivity index (χ2v) is 6.08. The Morgan fingerprint density at radius 1 is 1.42 bits per heavy atom. The van der Waals surface area contributed by atoms with Crippen molar-refractivity contribution < 1.29 is 4.79 Å². The van der Waals surface area contributed by atoms with Crippen LogP contribution in [0.3, 0.4) is 0 Å². The smallest absolute Gasteiger partial charge is 0.263 e. The quantitative estimate of drug-likeness (QED) is 0.880. The molecule has 2 fully saturated rings. The van der Waals surface area contributed by atoms with Crippen LogP contribution in [0.1, 0.15) is 40.9 Å². The number of rotatable bonds is 3. The van der Waals surface area contributed by atoms with E-state index >= 15 is 0 Å². The van der Waals surface area contributed by atoms with Crippen LogP contribution in [-0.2, 0) is 0 Å². The zero-order valence-electron chi connectivity index (χ0n) is 10.6. The lowest BCUT2D eigenvalue weighted by Gasteiger charge is -2.14. The second kappa shape index (κ2) is 4.74. The third-order valence-electron chi connectivity index (χ3n) is 3.55. The monoisotopic (exact) mass is 276 g/mol. The molecule has 0 atom stereocenters. The van der Waals surface area contributed by atoms with Gasteiger partial charge in [-0.1, -0.05) is 0 Å². The maximum atomic E-state index is 12.1. The first-order chi connectivity index (χ1) is 9.20. The number of hydrogen-bond acceptors (Lipinski definition) is 5. The molecule has 1 aromatic rings. The van der Waals surface area contributed by atoms with Gasteiger partial charge in [-0.05, 0) is 25.7 Å². The van der Waals surface area contributed by atoms with Crippen molar-refractivity contribution in [2.45, 2.75) is 31.7 Å². The lowest BCUT2D eigenvalue weighted by atomic mass is 10.2. The highest BCUT2D eigenvalue weighted by Gasteiger charge is 2.29. The molecule has 0 spiro atoms. The molecule has 1 saturated heterocycles. The highest BCUT2D eigenvalue weighted by molar-refractivity contribution is 7.19. The summed E-state index contributed by atoms with van der Waals surface area (Å²) >= 11 is 1.35. The Labute approximate surface area is 116 Å². The number of hydrogen-bond donors (Lipinski definition) is 2. The molecule has 3 rings (SSSR count). The molecule has 5 nitrogen and oxygen atoms in total. The molecule has 0 aromatic carbocycles. The fourth-order valence-corrected chi connectivity index (χ4v) is 3.46. The molecular formula is C13H16N4OS. The van der Waals surface area contributed by atoms with Gasteiger partial charge in [0, 0.05) is 19.1 Å². The van der Waals surface area contributed by atoms with Gasteiger partial charge in [-0.15, -0.1) is 11.3 Å². The molecule has 1 aromatic heterocycles. The maximum absolute atomic E-state index is 12.1. The Morgan fingerprint density at radius 3 is 2.68 bits per heavy atom. The highest BCUT2D eigenvalue weighted by atomic mass is 32.1. The number of nitrogen functional groups attached to an aromatic ring is 1. The molecule has 19 heavy (non-hydrogen) atoms. The average molecular weight is 276 g/mol. The van der Waals surface area contributed by atoms with Crippen LogP contribution in [0.2, 0.25) is 0 Å². The van der Waals surface area contributed by atoms with Crippen molar-refractivity contribution in [3.05, 3.63) is 10.4 Å². The van der Waals surface area contributed by atoms with Crippen LogP contribution in [0.4, 0.5) is 10.7 Å². The summed E-state index contributed by atoms with van der Waals surface area (Å²) in [5.41, 5.74) is 6.79. The van der Waals surface area contributed by atoms with E-state index in [4.69, 9.17) is 5.73 Å². The van der Waals surface area contributed by atoms with Gasteiger partial charge in [-0.3, -0.25) is 4.79 Å².